The number of amides is 1. The zero-order chi connectivity index (χ0) is 33.9. The second-order valence-electron chi connectivity index (χ2n) is 15.4. The quantitative estimate of drug-likeness (QED) is 0.0909. The summed E-state index contributed by atoms with van der Waals surface area (Å²) in [4.78, 5) is 44.2. The predicted octanol–water partition coefficient (Wildman–Crippen LogP) is 10.9. The molecule has 0 spiro atoms. The van der Waals surface area contributed by atoms with Gasteiger partial charge in [-0.2, -0.15) is 0 Å². The number of aryl methyl sites for hydroxylation is 2. The van der Waals surface area contributed by atoms with E-state index in [0.717, 1.165) is 49.8 Å². The lowest BCUT2D eigenvalue weighted by molar-refractivity contribution is -0.134. The number of ether oxygens (including phenoxy) is 1. The van der Waals surface area contributed by atoms with Crippen LogP contribution in [0.3, 0.4) is 0 Å². The summed E-state index contributed by atoms with van der Waals surface area (Å²) in [5.74, 6) is 2.34. The fourth-order valence-electron chi connectivity index (χ4n) is 9.33. The number of benzene rings is 1. The molecule has 0 saturated heterocycles. The van der Waals surface area contributed by atoms with Crippen LogP contribution in [-0.4, -0.2) is 22.6 Å². The summed E-state index contributed by atoms with van der Waals surface area (Å²) in [7, 11) is 0. The third-order valence-corrected chi connectivity index (χ3v) is 12.7. The van der Waals surface area contributed by atoms with E-state index in [2.05, 4.69) is 36.3 Å². The number of anilines is 1. The fourth-order valence-corrected chi connectivity index (χ4v) is 10.0. The van der Waals surface area contributed by atoms with Gasteiger partial charge in [-0.05, 0) is 92.4 Å². The number of Topliss-reactive ketones (excluding diaryl/α,β-unsaturated/α-hetero) is 1. The Morgan fingerprint density at radius 3 is 2.31 bits per heavy atom. The Labute approximate surface area is 293 Å². The van der Waals surface area contributed by atoms with Gasteiger partial charge in [0.2, 0.25) is 5.91 Å². The van der Waals surface area contributed by atoms with Crippen molar-refractivity contribution in [1.29, 1.82) is 0 Å². The van der Waals surface area contributed by atoms with Crippen LogP contribution >= 0.6 is 11.3 Å². The molecule has 1 heterocycles. The van der Waals surface area contributed by atoms with Gasteiger partial charge < -0.3 is 10.1 Å². The van der Waals surface area contributed by atoms with Crippen LogP contribution in [0.25, 0.3) is 0 Å². The van der Waals surface area contributed by atoms with Crippen LogP contribution in [0.5, 0.6) is 5.75 Å². The van der Waals surface area contributed by atoms with Crippen LogP contribution in [0, 0.1) is 30.1 Å². The van der Waals surface area contributed by atoms with E-state index in [1.165, 1.54) is 93.1 Å². The number of fused-ring (bicyclic) bond motifs is 5. The van der Waals surface area contributed by atoms with Gasteiger partial charge in [-0.15, -0.1) is 11.3 Å². The highest BCUT2D eigenvalue weighted by atomic mass is 32.1. The van der Waals surface area contributed by atoms with E-state index in [-0.39, 0.29) is 23.2 Å². The molecule has 2 fully saturated rings. The Bertz CT molecular complexity index is 1370. The second kappa shape index (κ2) is 17.9. The first-order valence-electron chi connectivity index (χ1n) is 19.4. The van der Waals surface area contributed by atoms with Gasteiger partial charge in [0.15, 0.2) is 5.13 Å². The number of carbonyl (C=O) groups is 3. The number of ketones is 1. The Hall–Kier alpha value is -2.54. The molecule has 1 N–H and O–H groups in total. The molecule has 1 aromatic carbocycles. The predicted molar refractivity (Wildman–Crippen MR) is 196 cm³/mol. The molecule has 1 amide bonds. The summed E-state index contributed by atoms with van der Waals surface area (Å²) in [5, 5.41) is 3.60. The van der Waals surface area contributed by atoms with Crippen LogP contribution < -0.4 is 10.1 Å². The molecule has 264 valence electrons. The number of unbranched alkanes of at least 4 members (excludes halogenated alkanes) is 12. The lowest BCUT2D eigenvalue weighted by Crippen LogP contribution is -2.44. The zero-order valence-corrected chi connectivity index (χ0v) is 30.8. The van der Waals surface area contributed by atoms with Crippen molar-refractivity contribution in [2.75, 3.05) is 5.32 Å². The van der Waals surface area contributed by atoms with E-state index in [1.807, 2.05) is 13.0 Å². The second-order valence-corrected chi connectivity index (χ2v) is 16.6. The molecular weight excluding hydrogens is 617 g/mol. The molecule has 3 aliphatic carbocycles. The van der Waals surface area contributed by atoms with Gasteiger partial charge in [0.05, 0.1) is 0 Å². The Morgan fingerprint density at radius 2 is 1.65 bits per heavy atom. The zero-order valence-electron chi connectivity index (χ0n) is 30.0. The highest BCUT2D eigenvalue weighted by Gasteiger charge is 2.58. The standard InChI is InChI=1S/C41H60N2O4S/c1-4-5-6-7-8-9-10-11-12-13-14-15-16-17-38(46)47-32-20-22-33-30(26-32)18-21-35-34(33)24-25-41(3)36(44)27-31(39(35)41)19-23-37(45)43-40-42-28-29(2)48-40/h20,22,26,28,31,34-35,39H,4-19,21,23-25,27H2,1-3H3,(H,42,43,45)/t31-,34?,35?,39?,41-/m1/s1. The first kappa shape index (κ1) is 36.7. The van der Waals surface area contributed by atoms with E-state index >= 15 is 0 Å². The Balaban J connectivity index is 1.05. The molecule has 6 nitrogen and oxygen atoms in total. The number of aromatic nitrogens is 1. The number of nitrogens with zero attached hydrogens (tertiary/aromatic N) is 1. The summed E-state index contributed by atoms with van der Waals surface area (Å²) in [6.07, 6.45) is 24.7. The number of nitrogens with one attached hydrogen (secondary N) is 1. The smallest absolute Gasteiger partial charge is 0.311 e. The molecule has 0 bridgehead atoms. The molecule has 7 heteroatoms. The van der Waals surface area contributed by atoms with Crippen LogP contribution in [0.1, 0.15) is 164 Å². The molecule has 3 aliphatic rings. The van der Waals surface area contributed by atoms with Crippen molar-refractivity contribution in [3.05, 3.63) is 40.4 Å². The number of esters is 1. The van der Waals surface area contributed by atoms with Crippen LogP contribution in [0.2, 0.25) is 0 Å². The largest absolute Gasteiger partial charge is 0.427 e. The molecule has 0 aliphatic heterocycles. The summed E-state index contributed by atoms with van der Waals surface area (Å²) < 4.78 is 5.81. The third kappa shape index (κ3) is 9.57. The van der Waals surface area contributed by atoms with Gasteiger partial charge in [0, 0.05) is 35.8 Å². The van der Waals surface area contributed by atoms with E-state index in [4.69, 9.17) is 4.74 Å². The number of rotatable bonds is 19. The maximum atomic E-state index is 13.4. The van der Waals surface area contributed by atoms with E-state index < -0.39 is 0 Å². The molecule has 48 heavy (non-hydrogen) atoms. The normalized spacial score (nSPS) is 24.5. The topological polar surface area (TPSA) is 85.4 Å². The van der Waals surface area contributed by atoms with Crippen molar-refractivity contribution in [3.63, 3.8) is 0 Å². The lowest BCUT2D eigenvalue weighted by atomic mass is 9.54. The van der Waals surface area contributed by atoms with Gasteiger partial charge in [-0.1, -0.05) is 97.0 Å². The number of hydrogen-bond acceptors (Lipinski definition) is 6. The molecule has 1 aromatic heterocycles. The van der Waals surface area contributed by atoms with E-state index in [9.17, 15) is 14.4 Å². The van der Waals surface area contributed by atoms with Gasteiger partial charge >= 0.3 is 5.97 Å². The lowest BCUT2D eigenvalue weighted by Gasteiger charge is -2.50. The molecule has 2 aromatic rings. The van der Waals surface area contributed by atoms with Crippen molar-refractivity contribution < 1.29 is 19.1 Å². The van der Waals surface area contributed by atoms with Gasteiger partial charge in [0.25, 0.3) is 0 Å². The average Bonchev–Trinajstić information content (AvgIpc) is 3.60. The van der Waals surface area contributed by atoms with E-state index in [0.29, 0.717) is 53.7 Å². The first-order chi connectivity index (χ1) is 23.3. The summed E-state index contributed by atoms with van der Waals surface area (Å²) >= 11 is 1.49. The van der Waals surface area contributed by atoms with Crippen LogP contribution in [0.15, 0.2) is 24.4 Å². The van der Waals surface area contributed by atoms with Crippen molar-refractivity contribution in [1.82, 2.24) is 4.98 Å². The molecule has 0 radical (unpaired) electrons. The van der Waals surface area contributed by atoms with Crippen molar-refractivity contribution in [2.45, 2.75) is 162 Å². The summed E-state index contributed by atoms with van der Waals surface area (Å²) in [5.41, 5.74) is 2.39. The minimum atomic E-state index is -0.282. The minimum absolute atomic E-state index is 0.0112. The maximum Gasteiger partial charge on any atom is 0.311 e. The summed E-state index contributed by atoms with van der Waals surface area (Å²) in [6, 6.07) is 6.28. The van der Waals surface area contributed by atoms with Crippen LogP contribution in [-0.2, 0) is 20.8 Å². The average molecular weight is 677 g/mol. The highest BCUT2D eigenvalue weighted by molar-refractivity contribution is 7.15. The fraction of sp³-hybridized carbons (Fsp3) is 0.707. The number of carbonyl (C=O) groups excluding carboxylic acids is 3. The molecule has 2 saturated carbocycles. The van der Waals surface area contributed by atoms with Crippen molar-refractivity contribution >= 4 is 34.1 Å². The first-order valence-corrected chi connectivity index (χ1v) is 20.2. The van der Waals surface area contributed by atoms with Gasteiger partial charge in [0.1, 0.15) is 11.5 Å². The monoisotopic (exact) mass is 676 g/mol. The number of hydrogen-bond donors (Lipinski definition) is 1. The van der Waals surface area contributed by atoms with Crippen molar-refractivity contribution in [3.8, 4) is 5.75 Å². The van der Waals surface area contributed by atoms with Crippen LogP contribution in [0.4, 0.5) is 5.13 Å². The number of thiazole rings is 1. The molecule has 5 rings (SSSR count). The van der Waals surface area contributed by atoms with E-state index in [1.54, 1.807) is 6.20 Å². The minimum Gasteiger partial charge on any atom is -0.427 e. The Morgan fingerprint density at radius 1 is 0.958 bits per heavy atom. The SMILES string of the molecule is CCCCCCCCCCCCCCCC(=O)Oc1ccc2c(c1)CCC1C2CC[C@]2(C)C(=O)C[C@@H](CCC(=O)Nc3ncc(C)s3)C12. The molecule has 3 unspecified atom stereocenters. The maximum absolute atomic E-state index is 13.4. The molecule has 5 atom stereocenters. The highest BCUT2D eigenvalue weighted by Crippen LogP contribution is 2.62. The van der Waals surface area contributed by atoms with Crippen molar-refractivity contribution in [2.24, 2.45) is 23.2 Å². The van der Waals surface area contributed by atoms with Gasteiger partial charge in [-0.25, -0.2) is 4.98 Å². The Kier molecular flexibility index (Phi) is 13.7. The van der Waals surface area contributed by atoms with Gasteiger partial charge in [-0.3, -0.25) is 14.4 Å². The summed E-state index contributed by atoms with van der Waals surface area (Å²) in [6.45, 7) is 6.45. The third-order valence-electron chi connectivity index (χ3n) is 11.9. The molecular formula is C41H60N2O4S.